The average molecular weight is 294 g/mol. The maximum absolute atomic E-state index is 12.7. The predicted molar refractivity (Wildman–Crippen MR) is 79.5 cm³/mol. The number of hydrogen-bond acceptors (Lipinski definition) is 3. The highest BCUT2D eigenvalue weighted by molar-refractivity contribution is 6.19. The molecular weight excluding hydrogens is 268 g/mol. The minimum Gasteiger partial charge on any atom is -0.277 e. The molecule has 1 saturated carbocycles. The Kier molecular flexibility index (Phi) is 5.01. The lowest BCUT2D eigenvalue weighted by Gasteiger charge is -2.39. The Bertz CT molecular complexity index is 427. The average Bonchev–Trinajstić information content (AvgIpc) is 2.93. The van der Waals surface area contributed by atoms with E-state index < -0.39 is 11.4 Å². The van der Waals surface area contributed by atoms with Gasteiger partial charge in [0.2, 0.25) is 11.8 Å². The minimum absolute atomic E-state index is 0.139. The predicted octanol–water partition coefficient (Wildman–Crippen LogP) is 2.98. The van der Waals surface area contributed by atoms with Gasteiger partial charge in [-0.25, -0.2) is 4.79 Å². The van der Waals surface area contributed by atoms with Gasteiger partial charge in [-0.3, -0.25) is 19.8 Å². The molecule has 1 unspecified atom stereocenters. The van der Waals surface area contributed by atoms with Crippen molar-refractivity contribution < 1.29 is 14.4 Å². The summed E-state index contributed by atoms with van der Waals surface area (Å²) in [6.07, 6.45) is 8.18. The molecule has 2 aliphatic rings. The monoisotopic (exact) mass is 294 g/mol. The maximum atomic E-state index is 12.7. The fourth-order valence-corrected chi connectivity index (χ4v) is 3.51. The number of nitrogens with one attached hydrogen (secondary N) is 1. The number of hydrogen-bond donors (Lipinski definition) is 1. The van der Waals surface area contributed by atoms with Crippen LogP contribution in [0.1, 0.15) is 71.6 Å². The number of unbranched alkanes of at least 4 members (excludes halogenated alkanes) is 3. The van der Waals surface area contributed by atoms with E-state index in [0.29, 0.717) is 12.8 Å². The van der Waals surface area contributed by atoms with Crippen LogP contribution < -0.4 is 5.32 Å². The highest BCUT2D eigenvalue weighted by Crippen LogP contribution is 2.42. The van der Waals surface area contributed by atoms with Gasteiger partial charge >= 0.3 is 6.03 Å². The van der Waals surface area contributed by atoms with Gasteiger partial charge in [0.15, 0.2) is 0 Å². The normalized spacial score (nSPS) is 22.8. The van der Waals surface area contributed by atoms with Gasteiger partial charge in [0, 0.05) is 6.04 Å². The summed E-state index contributed by atoms with van der Waals surface area (Å²) < 4.78 is 0. The zero-order valence-corrected chi connectivity index (χ0v) is 13.1. The van der Waals surface area contributed by atoms with Gasteiger partial charge in [-0.05, 0) is 26.2 Å². The van der Waals surface area contributed by atoms with Crippen LogP contribution in [0.2, 0.25) is 0 Å². The fraction of sp³-hybridized carbons (Fsp3) is 0.812. The van der Waals surface area contributed by atoms with Gasteiger partial charge in [0.05, 0.1) is 0 Å². The summed E-state index contributed by atoms with van der Waals surface area (Å²) in [5, 5.41) is 2.40. The first-order valence-corrected chi connectivity index (χ1v) is 8.22. The Balaban J connectivity index is 2.05. The SMILES string of the molecule is CCCCCCC(C)N1C(=O)NC(=O)C2(CCCC2)C1=O. The molecule has 1 N–H and O–H groups in total. The largest absolute Gasteiger partial charge is 0.331 e. The number of carbonyl (C=O) groups is 3. The van der Waals surface area contributed by atoms with Crippen LogP contribution in [0.3, 0.4) is 0 Å². The molecule has 0 aromatic rings. The fourth-order valence-electron chi connectivity index (χ4n) is 3.51. The minimum atomic E-state index is -0.967. The van der Waals surface area contributed by atoms with E-state index in [9.17, 15) is 14.4 Å². The molecule has 1 saturated heterocycles. The van der Waals surface area contributed by atoms with E-state index in [1.165, 1.54) is 11.3 Å². The number of rotatable bonds is 6. The summed E-state index contributed by atoms with van der Waals surface area (Å²) in [5.74, 6) is -0.652. The van der Waals surface area contributed by atoms with Crippen LogP contribution in [0, 0.1) is 5.41 Å². The van der Waals surface area contributed by atoms with E-state index in [1.54, 1.807) is 0 Å². The molecule has 0 bridgehead atoms. The van der Waals surface area contributed by atoms with Crippen molar-refractivity contribution in [2.24, 2.45) is 5.41 Å². The summed E-state index contributed by atoms with van der Waals surface area (Å²) in [6.45, 7) is 4.06. The van der Waals surface area contributed by atoms with Gasteiger partial charge in [0.1, 0.15) is 5.41 Å². The summed E-state index contributed by atoms with van der Waals surface area (Å²) in [5.41, 5.74) is -0.967. The quantitative estimate of drug-likeness (QED) is 0.605. The number of imide groups is 2. The van der Waals surface area contributed by atoms with Crippen molar-refractivity contribution in [1.29, 1.82) is 0 Å². The molecule has 1 heterocycles. The molecule has 1 spiro atoms. The van der Waals surface area contributed by atoms with Crippen molar-refractivity contribution >= 4 is 17.8 Å². The topological polar surface area (TPSA) is 66.5 Å². The van der Waals surface area contributed by atoms with E-state index in [1.807, 2.05) is 6.92 Å². The van der Waals surface area contributed by atoms with Crippen LogP contribution in [0.5, 0.6) is 0 Å². The Morgan fingerprint density at radius 2 is 1.81 bits per heavy atom. The Hall–Kier alpha value is -1.39. The third-order valence-corrected chi connectivity index (χ3v) is 4.88. The lowest BCUT2D eigenvalue weighted by atomic mass is 9.81. The number of carbonyl (C=O) groups excluding carboxylic acids is 3. The van der Waals surface area contributed by atoms with Gasteiger partial charge in [-0.2, -0.15) is 0 Å². The number of barbiturate groups is 1. The molecule has 5 heteroatoms. The van der Waals surface area contributed by atoms with Crippen molar-refractivity contribution in [3.05, 3.63) is 0 Å². The molecule has 21 heavy (non-hydrogen) atoms. The highest BCUT2D eigenvalue weighted by atomic mass is 16.2. The van der Waals surface area contributed by atoms with Gasteiger partial charge in [-0.15, -0.1) is 0 Å². The third kappa shape index (κ3) is 2.97. The van der Waals surface area contributed by atoms with E-state index >= 15 is 0 Å². The van der Waals surface area contributed by atoms with E-state index in [4.69, 9.17) is 0 Å². The van der Waals surface area contributed by atoms with Crippen LogP contribution in [0.4, 0.5) is 4.79 Å². The van der Waals surface area contributed by atoms with E-state index in [2.05, 4.69) is 12.2 Å². The first kappa shape index (κ1) is 16.0. The Labute approximate surface area is 126 Å². The standard InChI is InChI=1S/C16H26N2O3/c1-3-4-5-6-9-12(2)18-14(20)16(10-7-8-11-16)13(19)17-15(18)21/h12H,3-11H2,1-2H3,(H,17,19,21). The third-order valence-electron chi connectivity index (χ3n) is 4.88. The second-order valence-corrected chi connectivity index (χ2v) is 6.42. The van der Waals surface area contributed by atoms with Crippen molar-refractivity contribution in [1.82, 2.24) is 10.2 Å². The molecule has 1 aliphatic heterocycles. The van der Waals surface area contributed by atoms with Crippen LogP contribution in [0.15, 0.2) is 0 Å². The van der Waals surface area contributed by atoms with Gasteiger partial charge < -0.3 is 0 Å². The van der Waals surface area contributed by atoms with Crippen molar-refractivity contribution in [3.8, 4) is 0 Å². The summed E-state index contributed by atoms with van der Waals surface area (Å²) in [4.78, 5) is 38.2. The molecule has 1 atom stereocenters. The molecular formula is C16H26N2O3. The van der Waals surface area contributed by atoms with Crippen LogP contribution in [-0.4, -0.2) is 28.8 Å². The highest BCUT2D eigenvalue weighted by Gasteiger charge is 2.55. The molecule has 1 aliphatic carbocycles. The van der Waals surface area contributed by atoms with Crippen LogP contribution in [-0.2, 0) is 9.59 Å². The number of amides is 4. The molecule has 118 valence electrons. The Morgan fingerprint density at radius 3 is 2.43 bits per heavy atom. The van der Waals surface area contributed by atoms with Crippen molar-refractivity contribution in [3.63, 3.8) is 0 Å². The summed E-state index contributed by atoms with van der Waals surface area (Å²) in [7, 11) is 0. The van der Waals surface area contributed by atoms with Crippen LogP contribution >= 0.6 is 0 Å². The molecule has 0 aromatic carbocycles. The van der Waals surface area contributed by atoms with Gasteiger partial charge in [-0.1, -0.05) is 45.4 Å². The first-order valence-electron chi connectivity index (χ1n) is 8.22. The molecule has 5 nitrogen and oxygen atoms in total. The lowest BCUT2D eigenvalue weighted by molar-refractivity contribution is -0.152. The second-order valence-electron chi connectivity index (χ2n) is 6.42. The summed E-state index contributed by atoms with van der Waals surface area (Å²) >= 11 is 0. The second kappa shape index (κ2) is 6.58. The van der Waals surface area contributed by atoms with Crippen LogP contribution in [0.25, 0.3) is 0 Å². The smallest absolute Gasteiger partial charge is 0.277 e. The zero-order valence-electron chi connectivity index (χ0n) is 13.1. The zero-order chi connectivity index (χ0) is 15.5. The van der Waals surface area contributed by atoms with Gasteiger partial charge in [0.25, 0.3) is 0 Å². The number of nitrogens with zero attached hydrogens (tertiary/aromatic N) is 1. The van der Waals surface area contributed by atoms with Crippen molar-refractivity contribution in [2.75, 3.05) is 0 Å². The maximum Gasteiger partial charge on any atom is 0.331 e. The molecule has 2 fully saturated rings. The van der Waals surface area contributed by atoms with E-state index in [-0.39, 0.29) is 17.9 Å². The Morgan fingerprint density at radius 1 is 1.14 bits per heavy atom. The molecule has 2 rings (SSSR count). The number of urea groups is 1. The van der Waals surface area contributed by atoms with E-state index in [0.717, 1.165) is 38.5 Å². The molecule has 0 radical (unpaired) electrons. The molecule has 4 amide bonds. The first-order chi connectivity index (χ1) is 10.0. The van der Waals surface area contributed by atoms with Crippen molar-refractivity contribution in [2.45, 2.75) is 77.7 Å². The lowest BCUT2D eigenvalue weighted by Crippen LogP contribution is -2.65. The molecule has 0 aromatic heterocycles. The summed E-state index contributed by atoms with van der Waals surface area (Å²) in [6, 6.07) is -0.676.